The molecule has 0 aliphatic carbocycles. The van der Waals surface area contributed by atoms with E-state index >= 15 is 0 Å². The van der Waals surface area contributed by atoms with Crippen LogP contribution in [-0.2, 0) is 11.0 Å². The molecule has 0 atom stereocenters. The summed E-state index contributed by atoms with van der Waals surface area (Å²) in [7, 11) is 0. The average molecular weight is 238 g/mol. The van der Waals surface area contributed by atoms with Gasteiger partial charge in [-0.05, 0) is 18.2 Å². The minimum Gasteiger partial charge on any atom is -0.482 e. The van der Waals surface area contributed by atoms with Gasteiger partial charge in [0.1, 0.15) is 11.6 Å². The van der Waals surface area contributed by atoms with Gasteiger partial charge in [-0.15, -0.1) is 0 Å². The average Bonchev–Trinajstić information content (AvgIpc) is 2.14. The molecule has 88 valence electrons. The third-order valence-electron chi connectivity index (χ3n) is 1.61. The molecule has 0 fully saturated rings. The fraction of sp³-hybridized carbons (Fsp3) is 0.222. The van der Waals surface area contributed by atoms with Gasteiger partial charge in [-0.2, -0.15) is 13.2 Å². The van der Waals surface area contributed by atoms with Crippen molar-refractivity contribution in [1.82, 2.24) is 0 Å². The molecule has 0 unspecified atom stereocenters. The molecule has 7 heteroatoms. The van der Waals surface area contributed by atoms with E-state index in [1.54, 1.807) is 0 Å². The van der Waals surface area contributed by atoms with Gasteiger partial charge >= 0.3 is 12.1 Å². The highest BCUT2D eigenvalue weighted by Gasteiger charge is 2.34. The zero-order valence-corrected chi connectivity index (χ0v) is 7.71. The lowest BCUT2D eigenvalue weighted by atomic mass is 10.2. The summed E-state index contributed by atoms with van der Waals surface area (Å²) in [5.74, 6) is -3.12. The zero-order valence-electron chi connectivity index (χ0n) is 7.71. The predicted molar refractivity (Wildman–Crippen MR) is 44.5 cm³/mol. The Morgan fingerprint density at radius 2 is 2.00 bits per heavy atom. The number of rotatable bonds is 3. The molecule has 0 amide bonds. The van der Waals surface area contributed by atoms with Crippen molar-refractivity contribution in [3.63, 3.8) is 0 Å². The highest BCUT2D eigenvalue weighted by Crippen LogP contribution is 2.33. The molecule has 0 heterocycles. The van der Waals surface area contributed by atoms with Crippen LogP contribution in [0.2, 0.25) is 0 Å². The van der Waals surface area contributed by atoms with Gasteiger partial charge in [0.05, 0.1) is 5.56 Å². The Kier molecular flexibility index (Phi) is 3.36. The van der Waals surface area contributed by atoms with Gasteiger partial charge in [0.2, 0.25) is 0 Å². The first kappa shape index (κ1) is 12.3. The number of halogens is 4. The first-order valence-electron chi connectivity index (χ1n) is 4.02. The minimum atomic E-state index is -4.84. The van der Waals surface area contributed by atoms with Gasteiger partial charge in [-0.25, -0.2) is 9.18 Å². The lowest BCUT2D eigenvalue weighted by Crippen LogP contribution is -2.12. The fourth-order valence-corrected chi connectivity index (χ4v) is 0.956. The minimum absolute atomic E-state index is 0.351. The largest absolute Gasteiger partial charge is 0.482 e. The number of carboxylic acid groups (broad SMARTS) is 1. The van der Waals surface area contributed by atoms with E-state index < -0.39 is 30.1 Å². The van der Waals surface area contributed by atoms with Gasteiger partial charge < -0.3 is 9.84 Å². The highest BCUT2D eigenvalue weighted by atomic mass is 19.4. The SMILES string of the molecule is O=C(O)COc1ccc(F)c(C(F)(F)F)c1. The molecule has 0 aliphatic heterocycles. The van der Waals surface area contributed by atoms with Gasteiger partial charge in [0, 0.05) is 0 Å². The molecule has 0 saturated heterocycles. The molecule has 1 aromatic rings. The van der Waals surface area contributed by atoms with Crippen LogP contribution in [0.4, 0.5) is 17.6 Å². The highest BCUT2D eigenvalue weighted by molar-refractivity contribution is 5.68. The van der Waals surface area contributed by atoms with Gasteiger partial charge in [0.15, 0.2) is 6.61 Å². The lowest BCUT2D eigenvalue weighted by molar-refractivity contribution is -0.140. The van der Waals surface area contributed by atoms with Crippen LogP contribution in [0.15, 0.2) is 18.2 Å². The molecule has 3 nitrogen and oxygen atoms in total. The maximum Gasteiger partial charge on any atom is 0.419 e. The quantitative estimate of drug-likeness (QED) is 0.822. The third kappa shape index (κ3) is 3.11. The maximum absolute atomic E-state index is 12.8. The number of ether oxygens (including phenoxy) is 1. The molecular weight excluding hydrogens is 232 g/mol. The van der Waals surface area contributed by atoms with Crippen molar-refractivity contribution in [2.24, 2.45) is 0 Å². The van der Waals surface area contributed by atoms with Crippen LogP contribution in [0, 0.1) is 5.82 Å². The lowest BCUT2D eigenvalue weighted by Gasteiger charge is -2.10. The molecular formula is C9H6F4O3. The van der Waals surface area contributed by atoms with E-state index in [1.165, 1.54) is 0 Å². The van der Waals surface area contributed by atoms with E-state index in [-0.39, 0.29) is 5.75 Å². The number of carbonyl (C=O) groups is 1. The molecule has 0 aromatic heterocycles. The first-order valence-corrected chi connectivity index (χ1v) is 4.02. The standard InChI is InChI=1S/C9H6F4O3/c10-7-2-1-5(16-4-8(14)15)3-6(7)9(11,12)13/h1-3H,4H2,(H,14,15). The van der Waals surface area contributed by atoms with Crippen LogP contribution < -0.4 is 4.74 Å². The predicted octanol–water partition coefficient (Wildman–Crippen LogP) is 2.31. The summed E-state index contributed by atoms with van der Waals surface area (Å²) in [6, 6.07) is 1.91. The van der Waals surface area contributed by atoms with Crippen molar-refractivity contribution in [2.75, 3.05) is 6.61 Å². The summed E-state index contributed by atoms with van der Waals surface area (Å²) in [6.45, 7) is -0.789. The van der Waals surface area contributed by atoms with E-state index in [2.05, 4.69) is 4.74 Å². The molecule has 0 spiro atoms. The Morgan fingerprint density at radius 1 is 1.38 bits per heavy atom. The normalized spacial score (nSPS) is 11.2. The topological polar surface area (TPSA) is 46.5 Å². The van der Waals surface area contributed by atoms with Crippen molar-refractivity contribution in [2.45, 2.75) is 6.18 Å². The number of hydrogen-bond donors (Lipinski definition) is 1. The van der Waals surface area contributed by atoms with E-state index in [0.29, 0.717) is 12.1 Å². The van der Waals surface area contributed by atoms with Gasteiger partial charge in [-0.1, -0.05) is 0 Å². The van der Waals surface area contributed by atoms with Crippen LogP contribution in [0.25, 0.3) is 0 Å². The maximum atomic E-state index is 12.8. The third-order valence-corrected chi connectivity index (χ3v) is 1.61. The van der Waals surface area contributed by atoms with Crippen LogP contribution in [0.1, 0.15) is 5.56 Å². The second-order valence-corrected chi connectivity index (χ2v) is 2.82. The summed E-state index contributed by atoms with van der Waals surface area (Å²) >= 11 is 0. The molecule has 0 saturated carbocycles. The Morgan fingerprint density at radius 3 is 2.50 bits per heavy atom. The van der Waals surface area contributed by atoms with Crippen molar-refractivity contribution in [1.29, 1.82) is 0 Å². The number of carboxylic acids is 1. The molecule has 1 aromatic carbocycles. The van der Waals surface area contributed by atoms with Crippen molar-refractivity contribution < 1.29 is 32.2 Å². The Bertz CT molecular complexity index is 400. The van der Waals surface area contributed by atoms with E-state index in [9.17, 15) is 22.4 Å². The smallest absolute Gasteiger partial charge is 0.419 e. The Balaban J connectivity index is 2.94. The number of hydrogen-bond acceptors (Lipinski definition) is 2. The Hall–Kier alpha value is -1.79. The summed E-state index contributed by atoms with van der Waals surface area (Å²) in [5, 5.41) is 8.24. The second-order valence-electron chi connectivity index (χ2n) is 2.82. The van der Waals surface area contributed by atoms with E-state index in [1.807, 2.05) is 0 Å². The molecule has 0 bridgehead atoms. The monoisotopic (exact) mass is 238 g/mol. The second kappa shape index (κ2) is 4.38. The fourth-order valence-electron chi connectivity index (χ4n) is 0.956. The van der Waals surface area contributed by atoms with E-state index in [4.69, 9.17) is 5.11 Å². The first-order chi connectivity index (χ1) is 7.30. The summed E-state index contributed by atoms with van der Waals surface area (Å²) in [5.41, 5.74) is -1.49. The van der Waals surface area contributed by atoms with Crippen LogP contribution in [0.3, 0.4) is 0 Å². The van der Waals surface area contributed by atoms with Crippen molar-refractivity contribution in [3.05, 3.63) is 29.6 Å². The molecule has 0 aliphatic rings. The molecule has 16 heavy (non-hydrogen) atoms. The van der Waals surface area contributed by atoms with Crippen LogP contribution >= 0.6 is 0 Å². The van der Waals surface area contributed by atoms with E-state index in [0.717, 1.165) is 6.07 Å². The summed E-state index contributed by atoms with van der Waals surface area (Å²) < 4.78 is 53.9. The van der Waals surface area contributed by atoms with Gasteiger partial charge in [0.25, 0.3) is 0 Å². The number of aliphatic carboxylic acids is 1. The van der Waals surface area contributed by atoms with Crippen molar-refractivity contribution >= 4 is 5.97 Å². The zero-order chi connectivity index (χ0) is 12.3. The summed E-state index contributed by atoms with van der Waals surface area (Å²) in [4.78, 5) is 10.1. The number of alkyl halides is 3. The summed E-state index contributed by atoms with van der Waals surface area (Å²) in [6.07, 6.45) is -4.84. The number of benzene rings is 1. The van der Waals surface area contributed by atoms with Crippen LogP contribution in [0.5, 0.6) is 5.75 Å². The molecule has 0 radical (unpaired) electrons. The molecule has 1 N–H and O–H groups in total. The van der Waals surface area contributed by atoms with Gasteiger partial charge in [-0.3, -0.25) is 0 Å². The van der Waals surface area contributed by atoms with Crippen LogP contribution in [-0.4, -0.2) is 17.7 Å². The van der Waals surface area contributed by atoms with Crippen molar-refractivity contribution in [3.8, 4) is 5.75 Å². The molecule has 1 rings (SSSR count). The Labute approximate surface area is 87.3 Å².